The van der Waals surface area contributed by atoms with Crippen molar-refractivity contribution in [1.82, 2.24) is 9.80 Å². The van der Waals surface area contributed by atoms with Crippen LogP contribution in [0.3, 0.4) is 0 Å². The van der Waals surface area contributed by atoms with E-state index in [0.29, 0.717) is 0 Å². The summed E-state index contributed by atoms with van der Waals surface area (Å²) in [7, 11) is 4.67. The Morgan fingerprint density at radius 2 is 1.90 bits per heavy atom. The van der Waals surface area contributed by atoms with Crippen LogP contribution in [0.25, 0.3) is 0 Å². The third-order valence-electron chi connectivity index (χ3n) is 2.69. The molecule has 0 radical (unpaired) electrons. The quantitative estimate of drug-likeness (QED) is 0.554. The van der Waals surface area contributed by atoms with Crippen LogP contribution in [0.5, 0.6) is 0 Å². The first-order chi connectivity index (χ1) is 9.56. The molecule has 21 heavy (non-hydrogen) atoms. The van der Waals surface area contributed by atoms with Crippen LogP contribution in [0.1, 0.15) is 20.8 Å². The summed E-state index contributed by atoms with van der Waals surface area (Å²) < 4.78 is 9.94. The van der Waals surface area contributed by atoms with E-state index in [2.05, 4.69) is 0 Å². The third-order valence-corrected chi connectivity index (χ3v) is 2.69. The molecule has 0 aromatic carbocycles. The van der Waals surface area contributed by atoms with Crippen molar-refractivity contribution in [2.24, 2.45) is 0 Å². The van der Waals surface area contributed by atoms with Gasteiger partial charge >= 0.3 is 12.1 Å². The van der Waals surface area contributed by atoms with Crippen molar-refractivity contribution in [3.63, 3.8) is 0 Å². The molecule has 1 rings (SSSR count). The molecule has 1 saturated heterocycles. The molecule has 0 saturated carbocycles. The summed E-state index contributed by atoms with van der Waals surface area (Å²) in [5.41, 5.74) is -0.493. The lowest BCUT2D eigenvalue weighted by Gasteiger charge is -2.27. The highest BCUT2D eigenvalue weighted by Gasteiger charge is 2.45. The molecule has 0 bridgehead atoms. The van der Waals surface area contributed by atoms with Gasteiger partial charge in [-0.05, 0) is 20.8 Å². The van der Waals surface area contributed by atoms with Gasteiger partial charge in [0.1, 0.15) is 5.60 Å². The SMILES string of the molecule is COC(=O)C1/C(=C\N(C)C)C(=O)CN1C(=O)OC(C)(C)C. The Balaban J connectivity index is 3.12. The number of Topliss-reactive ketones (excluding diaryl/α,β-unsaturated/α-hetero) is 1. The number of carbonyl (C=O) groups excluding carboxylic acids is 3. The summed E-state index contributed by atoms with van der Waals surface area (Å²) in [5, 5.41) is 0. The van der Waals surface area contributed by atoms with Crippen LogP contribution in [0, 0.1) is 0 Å². The summed E-state index contributed by atoms with van der Waals surface area (Å²) >= 11 is 0. The van der Waals surface area contributed by atoms with E-state index >= 15 is 0 Å². The molecule has 0 N–H and O–H groups in total. The minimum Gasteiger partial charge on any atom is -0.467 e. The van der Waals surface area contributed by atoms with E-state index in [1.807, 2.05) is 0 Å². The van der Waals surface area contributed by atoms with E-state index in [1.165, 1.54) is 13.3 Å². The van der Waals surface area contributed by atoms with Crippen LogP contribution in [-0.2, 0) is 19.1 Å². The molecule has 1 atom stereocenters. The zero-order valence-electron chi connectivity index (χ0n) is 13.3. The normalized spacial score (nSPS) is 20.7. The average Bonchev–Trinajstić information content (AvgIpc) is 2.63. The minimum absolute atomic E-state index is 0.200. The average molecular weight is 298 g/mol. The molecule has 1 fully saturated rings. The Bertz CT molecular complexity index is 476. The smallest absolute Gasteiger partial charge is 0.411 e. The van der Waals surface area contributed by atoms with Crippen molar-refractivity contribution in [1.29, 1.82) is 0 Å². The van der Waals surface area contributed by atoms with Crippen molar-refractivity contribution in [3.8, 4) is 0 Å². The third kappa shape index (κ3) is 4.21. The van der Waals surface area contributed by atoms with Crippen LogP contribution >= 0.6 is 0 Å². The molecule has 1 amide bonds. The fraction of sp³-hybridized carbons (Fsp3) is 0.643. The predicted octanol–water partition coefficient (Wildman–Crippen LogP) is 0.793. The lowest BCUT2D eigenvalue weighted by molar-refractivity contribution is -0.144. The number of ketones is 1. The molecule has 0 aromatic rings. The number of amides is 1. The molecule has 7 heteroatoms. The van der Waals surface area contributed by atoms with Crippen LogP contribution in [-0.4, -0.2) is 67.0 Å². The van der Waals surface area contributed by atoms with Crippen molar-refractivity contribution in [3.05, 3.63) is 11.8 Å². The zero-order chi connectivity index (χ0) is 16.4. The maximum Gasteiger partial charge on any atom is 0.411 e. The number of likely N-dealkylation sites (tertiary alicyclic amines) is 1. The summed E-state index contributed by atoms with van der Waals surface area (Å²) in [6.45, 7) is 4.94. The standard InChI is InChI=1S/C14H22N2O5/c1-14(2,3)21-13(19)16-8-10(17)9(7-15(4)5)11(16)12(18)20-6/h7,11H,8H2,1-6H3/b9-7-. The van der Waals surface area contributed by atoms with E-state index in [0.717, 1.165) is 4.90 Å². The number of rotatable bonds is 2. The van der Waals surface area contributed by atoms with Crippen LogP contribution in [0.4, 0.5) is 4.79 Å². The first-order valence-electron chi connectivity index (χ1n) is 6.55. The number of hydrogen-bond donors (Lipinski definition) is 0. The van der Waals surface area contributed by atoms with Crippen molar-refractivity contribution in [2.75, 3.05) is 27.7 Å². The second-order valence-electron chi connectivity index (χ2n) is 6.01. The largest absolute Gasteiger partial charge is 0.467 e. The summed E-state index contributed by atoms with van der Waals surface area (Å²) in [6, 6.07) is -1.07. The second kappa shape index (κ2) is 6.15. The molecule has 0 spiro atoms. The molecule has 1 aliphatic rings. The highest BCUT2D eigenvalue weighted by molar-refractivity contribution is 6.09. The lowest BCUT2D eigenvalue weighted by atomic mass is 10.1. The molecule has 1 aliphatic heterocycles. The van der Waals surface area contributed by atoms with Crippen LogP contribution < -0.4 is 0 Å². The van der Waals surface area contributed by atoms with Crippen molar-refractivity contribution < 1.29 is 23.9 Å². The van der Waals surface area contributed by atoms with Gasteiger partial charge in [0.05, 0.1) is 13.7 Å². The number of carbonyl (C=O) groups is 3. The minimum atomic E-state index is -1.07. The Hall–Kier alpha value is -2.05. The van der Waals surface area contributed by atoms with Gasteiger partial charge in [-0.3, -0.25) is 9.69 Å². The Kier molecular flexibility index (Phi) is 4.98. The summed E-state index contributed by atoms with van der Waals surface area (Å²) in [5.74, 6) is -0.968. The van der Waals surface area contributed by atoms with Gasteiger partial charge < -0.3 is 14.4 Å². The van der Waals surface area contributed by atoms with Gasteiger partial charge in [-0.1, -0.05) is 0 Å². The maximum atomic E-state index is 12.2. The predicted molar refractivity (Wildman–Crippen MR) is 75.5 cm³/mol. The maximum absolute atomic E-state index is 12.2. The molecule has 7 nitrogen and oxygen atoms in total. The van der Waals surface area contributed by atoms with E-state index in [-0.39, 0.29) is 17.9 Å². The number of ether oxygens (including phenoxy) is 2. The Morgan fingerprint density at radius 1 is 1.33 bits per heavy atom. The van der Waals surface area contributed by atoms with E-state index < -0.39 is 23.7 Å². The Labute approximate surface area is 124 Å². The molecule has 1 unspecified atom stereocenters. The molecular formula is C14H22N2O5. The fourth-order valence-corrected chi connectivity index (χ4v) is 1.93. The fourth-order valence-electron chi connectivity index (χ4n) is 1.93. The molecule has 0 aromatic heterocycles. The van der Waals surface area contributed by atoms with Gasteiger partial charge in [-0.2, -0.15) is 0 Å². The molecule has 0 aliphatic carbocycles. The van der Waals surface area contributed by atoms with Crippen LogP contribution in [0.2, 0.25) is 0 Å². The first-order valence-corrected chi connectivity index (χ1v) is 6.55. The highest BCUT2D eigenvalue weighted by atomic mass is 16.6. The Morgan fingerprint density at radius 3 is 2.33 bits per heavy atom. The second-order valence-corrected chi connectivity index (χ2v) is 6.01. The van der Waals surface area contributed by atoms with Gasteiger partial charge in [0.15, 0.2) is 11.8 Å². The highest BCUT2D eigenvalue weighted by Crippen LogP contribution is 2.24. The number of esters is 1. The first kappa shape index (κ1) is 17.0. The zero-order valence-corrected chi connectivity index (χ0v) is 13.3. The van der Waals surface area contributed by atoms with Gasteiger partial charge in [0.2, 0.25) is 0 Å². The van der Waals surface area contributed by atoms with Gasteiger partial charge in [-0.25, -0.2) is 9.59 Å². The monoisotopic (exact) mass is 298 g/mol. The summed E-state index contributed by atoms with van der Waals surface area (Å²) in [4.78, 5) is 38.9. The number of hydrogen-bond acceptors (Lipinski definition) is 6. The van der Waals surface area contributed by atoms with E-state index in [9.17, 15) is 14.4 Å². The van der Waals surface area contributed by atoms with Crippen LogP contribution in [0.15, 0.2) is 11.8 Å². The van der Waals surface area contributed by atoms with Gasteiger partial charge in [0, 0.05) is 25.9 Å². The topological polar surface area (TPSA) is 76.2 Å². The molecular weight excluding hydrogens is 276 g/mol. The van der Waals surface area contributed by atoms with Gasteiger partial charge in [-0.15, -0.1) is 0 Å². The number of nitrogens with zero attached hydrogens (tertiary/aromatic N) is 2. The van der Waals surface area contributed by atoms with Gasteiger partial charge in [0.25, 0.3) is 0 Å². The molecule has 118 valence electrons. The number of methoxy groups -OCH3 is 1. The lowest BCUT2D eigenvalue weighted by Crippen LogP contribution is -2.44. The summed E-state index contributed by atoms with van der Waals surface area (Å²) in [6.07, 6.45) is 0.808. The van der Waals surface area contributed by atoms with E-state index in [1.54, 1.807) is 39.8 Å². The van der Waals surface area contributed by atoms with Crippen molar-refractivity contribution >= 4 is 17.8 Å². The van der Waals surface area contributed by atoms with Crippen molar-refractivity contribution in [2.45, 2.75) is 32.4 Å². The van der Waals surface area contributed by atoms with E-state index in [4.69, 9.17) is 9.47 Å². The molecule has 1 heterocycles.